The molecule has 1 aliphatic rings. The van der Waals surface area contributed by atoms with Crippen molar-refractivity contribution in [1.82, 2.24) is 0 Å². The molecule has 0 spiro atoms. The molecular formula is C17H16O4. The number of rotatable bonds is 1. The maximum absolute atomic E-state index is 12.7. The van der Waals surface area contributed by atoms with Gasteiger partial charge in [-0.25, -0.2) is 0 Å². The predicted octanol–water partition coefficient (Wildman–Crippen LogP) is 2.46. The first-order chi connectivity index (χ1) is 9.87. The van der Waals surface area contributed by atoms with Crippen LogP contribution in [0.5, 0.6) is 11.5 Å². The number of carbonyl (C=O) groups is 1. The topological polar surface area (TPSA) is 77.8 Å². The predicted molar refractivity (Wildman–Crippen MR) is 77.7 cm³/mol. The lowest BCUT2D eigenvalue weighted by Gasteiger charge is -2.35. The van der Waals surface area contributed by atoms with Crippen LogP contribution in [0.4, 0.5) is 0 Å². The van der Waals surface area contributed by atoms with Crippen LogP contribution in [0.15, 0.2) is 30.3 Å². The highest BCUT2D eigenvalue weighted by Crippen LogP contribution is 2.46. The second-order valence-corrected chi connectivity index (χ2v) is 5.85. The molecule has 2 aromatic rings. The van der Waals surface area contributed by atoms with E-state index in [0.29, 0.717) is 11.1 Å². The van der Waals surface area contributed by atoms with Crippen LogP contribution >= 0.6 is 0 Å². The van der Waals surface area contributed by atoms with Crippen LogP contribution in [0.1, 0.15) is 46.5 Å². The minimum Gasteiger partial charge on any atom is -0.507 e. The van der Waals surface area contributed by atoms with Gasteiger partial charge in [0.15, 0.2) is 0 Å². The second-order valence-electron chi connectivity index (χ2n) is 5.85. The van der Waals surface area contributed by atoms with E-state index in [4.69, 9.17) is 0 Å². The largest absolute Gasteiger partial charge is 0.507 e. The fourth-order valence-corrected chi connectivity index (χ4v) is 3.08. The molecule has 0 radical (unpaired) electrons. The number of hydrogen-bond donors (Lipinski definition) is 3. The summed E-state index contributed by atoms with van der Waals surface area (Å²) < 4.78 is 0. The van der Waals surface area contributed by atoms with E-state index in [-0.39, 0.29) is 35.0 Å². The van der Waals surface area contributed by atoms with Crippen molar-refractivity contribution in [2.45, 2.75) is 25.9 Å². The van der Waals surface area contributed by atoms with Crippen LogP contribution in [-0.2, 0) is 12.0 Å². The van der Waals surface area contributed by atoms with Crippen molar-refractivity contribution in [3.8, 4) is 11.5 Å². The number of ketones is 1. The van der Waals surface area contributed by atoms with Crippen LogP contribution in [0.2, 0.25) is 0 Å². The second kappa shape index (κ2) is 4.33. The van der Waals surface area contributed by atoms with E-state index in [1.165, 1.54) is 12.1 Å². The van der Waals surface area contributed by atoms with Crippen LogP contribution in [0, 0.1) is 0 Å². The molecule has 2 aromatic carbocycles. The number of aliphatic hydroxyl groups is 1. The molecule has 1 aliphatic carbocycles. The maximum atomic E-state index is 12.7. The molecule has 0 fully saturated rings. The van der Waals surface area contributed by atoms with Crippen LogP contribution in [0.3, 0.4) is 0 Å². The van der Waals surface area contributed by atoms with Gasteiger partial charge >= 0.3 is 0 Å². The Bertz CT molecular complexity index is 760. The lowest BCUT2D eigenvalue weighted by molar-refractivity contribution is 0.102. The third-order valence-electron chi connectivity index (χ3n) is 4.20. The summed E-state index contributed by atoms with van der Waals surface area (Å²) in [6, 6.07) is 8.09. The van der Waals surface area contributed by atoms with Gasteiger partial charge in [0.1, 0.15) is 11.5 Å². The lowest BCUT2D eigenvalue weighted by atomic mass is 9.67. The molecule has 3 N–H and O–H groups in total. The SMILES string of the molecule is CC1(C)c2cccc(O)c2C(=O)c2c(O)cc(CO)cc21. The first kappa shape index (κ1) is 13.6. The van der Waals surface area contributed by atoms with Crippen molar-refractivity contribution in [3.05, 3.63) is 58.1 Å². The van der Waals surface area contributed by atoms with Crippen molar-refractivity contribution >= 4 is 5.78 Å². The van der Waals surface area contributed by atoms with Gasteiger partial charge in [0.25, 0.3) is 0 Å². The monoisotopic (exact) mass is 284 g/mol. The zero-order valence-electron chi connectivity index (χ0n) is 11.8. The van der Waals surface area contributed by atoms with Crippen LogP contribution in [0.25, 0.3) is 0 Å². The molecule has 0 atom stereocenters. The first-order valence-corrected chi connectivity index (χ1v) is 6.72. The van der Waals surface area contributed by atoms with Gasteiger partial charge < -0.3 is 15.3 Å². The van der Waals surface area contributed by atoms with E-state index in [2.05, 4.69) is 0 Å². The smallest absolute Gasteiger partial charge is 0.201 e. The van der Waals surface area contributed by atoms with E-state index in [1.807, 2.05) is 13.8 Å². The highest BCUT2D eigenvalue weighted by Gasteiger charge is 2.40. The highest BCUT2D eigenvalue weighted by molar-refractivity contribution is 6.16. The van der Waals surface area contributed by atoms with Gasteiger partial charge in [-0.3, -0.25) is 4.79 Å². The number of fused-ring (bicyclic) bond motifs is 2. The molecule has 21 heavy (non-hydrogen) atoms. The number of aromatic hydroxyl groups is 2. The molecule has 0 aromatic heterocycles. The standard InChI is InChI=1S/C17H16O4/c1-17(2)10-4-3-5-12(19)14(10)16(21)15-11(17)6-9(8-18)7-13(15)20/h3-7,18-20H,8H2,1-2H3. The number of benzene rings is 2. The number of aliphatic hydroxyl groups excluding tert-OH is 1. The Kier molecular flexibility index (Phi) is 2.81. The molecule has 4 heteroatoms. The molecule has 0 bridgehead atoms. The van der Waals surface area contributed by atoms with Gasteiger partial charge in [-0.1, -0.05) is 32.0 Å². The number of phenols is 2. The van der Waals surface area contributed by atoms with Crippen LogP contribution in [-0.4, -0.2) is 21.1 Å². The fourth-order valence-electron chi connectivity index (χ4n) is 3.08. The summed E-state index contributed by atoms with van der Waals surface area (Å²) in [4.78, 5) is 12.7. The van der Waals surface area contributed by atoms with Crippen molar-refractivity contribution in [2.24, 2.45) is 0 Å². The van der Waals surface area contributed by atoms with Gasteiger partial charge in [0.05, 0.1) is 17.7 Å². The van der Waals surface area contributed by atoms with Gasteiger partial charge in [-0.15, -0.1) is 0 Å². The molecule has 3 rings (SSSR count). The molecule has 0 amide bonds. The highest BCUT2D eigenvalue weighted by atomic mass is 16.3. The molecular weight excluding hydrogens is 268 g/mol. The molecule has 0 unspecified atom stereocenters. The summed E-state index contributed by atoms with van der Waals surface area (Å²) in [6.07, 6.45) is 0. The van der Waals surface area contributed by atoms with E-state index in [0.717, 1.165) is 5.56 Å². The third kappa shape index (κ3) is 1.76. The normalized spacial score (nSPS) is 15.5. The minimum atomic E-state index is -0.556. The minimum absolute atomic E-state index is 0.0816. The summed E-state index contributed by atoms with van der Waals surface area (Å²) in [5.74, 6) is -0.634. The first-order valence-electron chi connectivity index (χ1n) is 6.72. The summed E-state index contributed by atoms with van der Waals surface area (Å²) in [5, 5.41) is 29.5. The lowest BCUT2D eigenvalue weighted by Crippen LogP contribution is -2.30. The Labute approximate surface area is 122 Å². The van der Waals surface area contributed by atoms with E-state index < -0.39 is 5.41 Å². The Morgan fingerprint density at radius 2 is 1.67 bits per heavy atom. The molecule has 0 heterocycles. The average Bonchev–Trinajstić information content (AvgIpc) is 2.44. The summed E-state index contributed by atoms with van der Waals surface area (Å²) in [7, 11) is 0. The third-order valence-corrected chi connectivity index (χ3v) is 4.20. The summed E-state index contributed by atoms with van der Waals surface area (Å²) >= 11 is 0. The zero-order valence-corrected chi connectivity index (χ0v) is 11.8. The maximum Gasteiger partial charge on any atom is 0.201 e. The fraction of sp³-hybridized carbons (Fsp3) is 0.235. The van der Waals surface area contributed by atoms with E-state index >= 15 is 0 Å². The van der Waals surface area contributed by atoms with E-state index in [9.17, 15) is 20.1 Å². The van der Waals surface area contributed by atoms with Gasteiger partial charge in [0.2, 0.25) is 5.78 Å². The Balaban J connectivity index is 2.40. The molecule has 108 valence electrons. The quantitative estimate of drug-likeness (QED) is 0.751. The number of phenolic OH excluding ortho intramolecular Hbond substituents is 2. The average molecular weight is 284 g/mol. The zero-order chi connectivity index (χ0) is 15.4. The van der Waals surface area contributed by atoms with Gasteiger partial charge in [-0.2, -0.15) is 0 Å². The summed E-state index contributed by atoms with van der Waals surface area (Å²) in [6.45, 7) is 3.65. The molecule has 4 nitrogen and oxygen atoms in total. The van der Waals surface area contributed by atoms with Crippen molar-refractivity contribution < 1.29 is 20.1 Å². The Hall–Kier alpha value is -2.33. The van der Waals surface area contributed by atoms with Crippen molar-refractivity contribution in [1.29, 1.82) is 0 Å². The number of hydrogen-bond acceptors (Lipinski definition) is 4. The molecule has 0 saturated heterocycles. The summed E-state index contributed by atoms with van der Waals surface area (Å²) in [5.41, 5.74) is 1.81. The van der Waals surface area contributed by atoms with Gasteiger partial charge in [-0.05, 0) is 28.8 Å². The van der Waals surface area contributed by atoms with Gasteiger partial charge in [0, 0.05) is 5.41 Å². The Morgan fingerprint density at radius 3 is 2.33 bits per heavy atom. The van der Waals surface area contributed by atoms with Crippen molar-refractivity contribution in [3.63, 3.8) is 0 Å². The number of carbonyl (C=O) groups excluding carboxylic acids is 1. The molecule has 0 saturated carbocycles. The molecule has 0 aliphatic heterocycles. The van der Waals surface area contributed by atoms with E-state index in [1.54, 1.807) is 18.2 Å². The Morgan fingerprint density at radius 1 is 1.00 bits per heavy atom. The van der Waals surface area contributed by atoms with Crippen LogP contribution < -0.4 is 0 Å². The van der Waals surface area contributed by atoms with Crippen molar-refractivity contribution in [2.75, 3.05) is 0 Å².